The van der Waals surface area contributed by atoms with E-state index in [1.165, 1.54) is 5.56 Å². The molecule has 0 bridgehead atoms. The van der Waals surface area contributed by atoms with Gasteiger partial charge < -0.3 is 9.47 Å². The topological polar surface area (TPSA) is 35.5 Å². The first kappa shape index (κ1) is 17.5. The van der Waals surface area contributed by atoms with Gasteiger partial charge in [-0.3, -0.25) is 4.79 Å². The summed E-state index contributed by atoms with van der Waals surface area (Å²) in [5, 5.41) is 0. The average Bonchev–Trinajstić information content (AvgIpc) is 2.50. The van der Waals surface area contributed by atoms with E-state index in [-0.39, 0.29) is 12.1 Å². The normalized spacial score (nSPS) is 13.5. The van der Waals surface area contributed by atoms with E-state index in [0.717, 1.165) is 25.0 Å². The molecule has 0 fully saturated rings. The summed E-state index contributed by atoms with van der Waals surface area (Å²) in [6.45, 7) is 8.68. The van der Waals surface area contributed by atoms with Crippen LogP contribution in [0.25, 0.3) is 0 Å². The Morgan fingerprint density at radius 2 is 1.90 bits per heavy atom. The van der Waals surface area contributed by atoms with Crippen LogP contribution in [0.4, 0.5) is 0 Å². The Hall–Kier alpha value is -1.51. The molecule has 21 heavy (non-hydrogen) atoms. The molecule has 0 spiro atoms. The molecular formula is C18H28O3. The molecule has 0 aliphatic heterocycles. The summed E-state index contributed by atoms with van der Waals surface area (Å²) in [6.07, 6.45) is 3.22. The van der Waals surface area contributed by atoms with Crippen LogP contribution in [0.3, 0.4) is 0 Å². The molecule has 3 nitrogen and oxygen atoms in total. The predicted octanol–water partition coefficient (Wildman–Crippen LogP) is 4.70. The van der Waals surface area contributed by atoms with E-state index in [1.807, 2.05) is 25.1 Å². The molecule has 0 heterocycles. The molecule has 118 valence electrons. The Labute approximate surface area is 128 Å². The van der Waals surface area contributed by atoms with E-state index in [0.29, 0.717) is 18.9 Å². The number of benzene rings is 1. The Bertz CT molecular complexity index is 428. The van der Waals surface area contributed by atoms with Gasteiger partial charge in [0.05, 0.1) is 0 Å². The van der Waals surface area contributed by atoms with Gasteiger partial charge in [-0.15, -0.1) is 0 Å². The van der Waals surface area contributed by atoms with Crippen molar-refractivity contribution in [2.45, 2.75) is 65.4 Å². The summed E-state index contributed by atoms with van der Waals surface area (Å²) in [4.78, 5) is 11.6. The summed E-state index contributed by atoms with van der Waals surface area (Å²) >= 11 is 0. The molecule has 1 aromatic rings. The second-order valence-electron chi connectivity index (χ2n) is 5.56. The Morgan fingerprint density at radius 1 is 1.19 bits per heavy atom. The third kappa shape index (κ3) is 6.19. The zero-order chi connectivity index (χ0) is 15.7. The maximum absolute atomic E-state index is 11.6. The van der Waals surface area contributed by atoms with Crippen LogP contribution in [0.2, 0.25) is 0 Å². The average molecular weight is 292 g/mol. The highest BCUT2D eigenvalue weighted by atomic mass is 16.6. The molecule has 0 saturated carbocycles. The van der Waals surface area contributed by atoms with Gasteiger partial charge in [-0.05, 0) is 37.3 Å². The highest BCUT2D eigenvalue weighted by Crippen LogP contribution is 2.28. The molecule has 2 unspecified atom stereocenters. The minimum Gasteiger partial charge on any atom is -0.489 e. The van der Waals surface area contributed by atoms with Crippen LogP contribution in [0.15, 0.2) is 24.3 Å². The fourth-order valence-electron chi connectivity index (χ4n) is 2.08. The molecule has 3 heteroatoms. The number of hydrogen-bond donors (Lipinski definition) is 0. The van der Waals surface area contributed by atoms with Crippen molar-refractivity contribution in [2.24, 2.45) is 0 Å². The molecule has 0 N–H and O–H groups in total. The molecular weight excluding hydrogens is 264 g/mol. The first-order valence-corrected chi connectivity index (χ1v) is 7.99. The Balaban J connectivity index is 2.49. The summed E-state index contributed by atoms with van der Waals surface area (Å²) in [6, 6.07) is 8.08. The number of carbonyl (C=O) groups excluding carboxylic acids is 1. The fourth-order valence-corrected chi connectivity index (χ4v) is 2.08. The van der Waals surface area contributed by atoms with Crippen LogP contribution in [-0.2, 0) is 9.53 Å². The number of ether oxygens (including phenoxy) is 2. The lowest BCUT2D eigenvalue weighted by molar-refractivity contribution is -0.149. The number of hydrogen-bond acceptors (Lipinski definition) is 3. The molecule has 1 aromatic carbocycles. The summed E-state index contributed by atoms with van der Waals surface area (Å²) < 4.78 is 11.2. The van der Waals surface area contributed by atoms with Gasteiger partial charge in [0.25, 0.3) is 0 Å². The van der Waals surface area contributed by atoms with Gasteiger partial charge in [-0.25, -0.2) is 0 Å². The van der Waals surface area contributed by atoms with E-state index in [2.05, 4.69) is 26.8 Å². The molecule has 2 atom stereocenters. The minimum atomic E-state index is -0.223. The van der Waals surface area contributed by atoms with Gasteiger partial charge in [0, 0.05) is 6.42 Å². The molecule has 0 aliphatic rings. The largest absolute Gasteiger partial charge is 0.489 e. The third-order valence-electron chi connectivity index (χ3n) is 3.60. The van der Waals surface area contributed by atoms with Gasteiger partial charge in [0.2, 0.25) is 0 Å². The van der Waals surface area contributed by atoms with Crippen molar-refractivity contribution >= 4 is 5.97 Å². The van der Waals surface area contributed by atoms with Gasteiger partial charge in [0.15, 0.2) is 0 Å². The molecule has 0 radical (unpaired) electrons. The quantitative estimate of drug-likeness (QED) is 0.619. The monoisotopic (exact) mass is 292 g/mol. The lowest BCUT2D eigenvalue weighted by atomic mass is 9.98. The molecule has 0 saturated heterocycles. The maximum Gasteiger partial charge on any atom is 0.306 e. The molecule has 0 aromatic heterocycles. The zero-order valence-electron chi connectivity index (χ0n) is 13.7. The molecule has 1 rings (SSSR count). The van der Waals surface area contributed by atoms with Gasteiger partial charge in [-0.2, -0.15) is 0 Å². The van der Waals surface area contributed by atoms with Crippen molar-refractivity contribution in [1.82, 2.24) is 0 Å². The van der Waals surface area contributed by atoms with Crippen LogP contribution < -0.4 is 4.74 Å². The van der Waals surface area contributed by atoms with Crippen molar-refractivity contribution in [3.8, 4) is 5.75 Å². The molecule has 0 aliphatic carbocycles. The van der Waals surface area contributed by atoms with Crippen molar-refractivity contribution in [1.29, 1.82) is 0 Å². The van der Waals surface area contributed by atoms with E-state index in [9.17, 15) is 4.79 Å². The smallest absolute Gasteiger partial charge is 0.306 e. The van der Waals surface area contributed by atoms with Crippen molar-refractivity contribution < 1.29 is 14.3 Å². The maximum atomic E-state index is 11.6. The summed E-state index contributed by atoms with van der Waals surface area (Å²) in [5.41, 5.74) is 1.21. The van der Waals surface area contributed by atoms with Crippen molar-refractivity contribution in [3.63, 3.8) is 0 Å². The summed E-state index contributed by atoms with van der Waals surface area (Å²) in [7, 11) is 0. The van der Waals surface area contributed by atoms with E-state index >= 15 is 0 Å². The van der Waals surface area contributed by atoms with Crippen LogP contribution in [-0.4, -0.2) is 18.7 Å². The first-order chi connectivity index (χ1) is 10.1. The first-order valence-electron chi connectivity index (χ1n) is 7.99. The van der Waals surface area contributed by atoms with E-state index < -0.39 is 0 Å². The van der Waals surface area contributed by atoms with E-state index in [4.69, 9.17) is 9.47 Å². The highest BCUT2D eigenvalue weighted by Gasteiger charge is 2.13. The SMILES string of the molecule is CCCCC(=O)OC(C)COc1ccccc1C(C)CC. The van der Waals surface area contributed by atoms with Gasteiger partial charge >= 0.3 is 5.97 Å². The lowest BCUT2D eigenvalue weighted by Crippen LogP contribution is -2.22. The van der Waals surface area contributed by atoms with Crippen molar-refractivity contribution in [2.75, 3.05) is 6.61 Å². The number of unbranched alkanes of at least 4 members (excludes halogenated alkanes) is 1. The Kier molecular flexibility index (Phi) is 7.88. The third-order valence-corrected chi connectivity index (χ3v) is 3.60. The lowest BCUT2D eigenvalue weighted by Gasteiger charge is -2.18. The zero-order valence-corrected chi connectivity index (χ0v) is 13.7. The second kappa shape index (κ2) is 9.43. The number of para-hydroxylation sites is 1. The van der Waals surface area contributed by atoms with E-state index in [1.54, 1.807) is 0 Å². The van der Waals surface area contributed by atoms with Crippen LogP contribution in [0.1, 0.15) is 64.9 Å². The number of esters is 1. The van der Waals surface area contributed by atoms with Crippen LogP contribution in [0.5, 0.6) is 5.75 Å². The Morgan fingerprint density at radius 3 is 2.57 bits per heavy atom. The van der Waals surface area contributed by atoms with Crippen LogP contribution in [0, 0.1) is 0 Å². The van der Waals surface area contributed by atoms with Gasteiger partial charge in [-0.1, -0.05) is 45.4 Å². The van der Waals surface area contributed by atoms with Crippen molar-refractivity contribution in [3.05, 3.63) is 29.8 Å². The molecule has 0 amide bonds. The fraction of sp³-hybridized carbons (Fsp3) is 0.611. The number of rotatable bonds is 9. The second-order valence-corrected chi connectivity index (χ2v) is 5.56. The van der Waals surface area contributed by atoms with Crippen LogP contribution >= 0.6 is 0 Å². The predicted molar refractivity (Wildman–Crippen MR) is 85.7 cm³/mol. The highest BCUT2D eigenvalue weighted by molar-refractivity contribution is 5.69. The number of carbonyl (C=O) groups is 1. The standard InChI is InChI=1S/C18H28O3/c1-5-7-12-18(19)21-15(4)13-20-17-11-9-8-10-16(17)14(3)6-2/h8-11,14-15H,5-7,12-13H2,1-4H3. The summed E-state index contributed by atoms with van der Waals surface area (Å²) in [5.74, 6) is 1.22. The van der Waals surface area contributed by atoms with Gasteiger partial charge in [0.1, 0.15) is 18.5 Å². The minimum absolute atomic E-state index is 0.136.